The molecule has 1 aliphatic rings. The van der Waals surface area contributed by atoms with Gasteiger partial charge in [-0.2, -0.15) is 0 Å². The molecule has 0 spiro atoms. The monoisotopic (exact) mass is 238 g/mol. The Labute approximate surface area is 98.4 Å². The molecule has 0 aliphatic carbocycles. The van der Waals surface area contributed by atoms with Crippen LogP contribution in [0.2, 0.25) is 0 Å². The van der Waals surface area contributed by atoms with Crippen molar-refractivity contribution >= 4 is 13.2 Å². The standard InChI is InChI=1S/C13H19O2P/c1-9-4-5-10(2)16(9)13-8-11(15-3)6-7-12(13)14/h6-10,14H,4-5H2,1-3H3. The van der Waals surface area contributed by atoms with Gasteiger partial charge in [0.25, 0.3) is 0 Å². The number of phenols is 1. The zero-order valence-corrected chi connectivity index (χ0v) is 11.0. The van der Waals surface area contributed by atoms with Gasteiger partial charge >= 0.3 is 0 Å². The van der Waals surface area contributed by atoms with E-state index in [4.69, 9.17) is 4.74 Å². The second-order valence-electron chi connectivity index (χ2n) is 4.54. The fraction of sp³-hybridized carbons (Fsp3) is 0.538. The minimum Gasteiger partial charge on any atom is -0.507 e. The predicted octanol–water partition coefficient (Wildman–Crippen LogP) is 3.08. The van der Waals surface area contributed by atoms with E-state index in [0.717, 1.165) is 11.1 Å². The third-order valence-electron chi connectivity index (χ3n) is 3.41. The van der Waals surface area contributed by atoms with E-state index in [1.807, 2.05) is 12.1 Å². The van der Waals surface area contributed by atoms with Gasteiger partial charge in [-0.05, 0) is 42.4 Å². The first kappa shape index (κ1) is 11.7. The van der Waals surface area contributed by atoms with E-state index in [-0.39, 0.29) is 7.92 Å². The van der Waals surface area contributed by atoms with Crippen molar-refractivity contribution in [3.8, 4) is 11.5 Å². The lowest BCUT2D eigenvalue weighted by molar-refractivity contribution is 0.413. The molecule has 1 aromatic rings. The van der Waals surface area contributed by atoms with Gasteiger partial charge in [-0.25, -0.2) is 0 Å². The minimum atomic E-state index is -0.235. The molecule has 0 saturated carbocycles. The molecule has 2 rings (SSSR count). The van der Waals surface area contributed by atoms with Crippen LogP contribution in [0.3, 0.4) is 0 Å². The molecular formula is C13H19O2P. The van der Waals surface area contributed by atoms with E-state index < -0.39 is 0 Å². The van der Waals surface area contributed by atoms with Crippen molar-refractivity contribution in [2.45, 2.75) is 38.0 Å². The SMILES string of the molecule is COc1ccc(O)c(P2C(C)CCC2C)c1. The Hall–Kier alpha value is -0.750. The molecule has 1 heterocycles. The first-order valence-electron chi connectivity index (χ1n) is 5.79. The van der Waals surface area contributed by atoms with E-state index in [1.54, 1.807) is 13.2 Å². The van der Waals surface area contributed by atoms with Crippen LogP contribution in [-0.2, 0) is 0 Å². The smallest absolute Gasteiger partial charge is 0.123 e. The lowest BCUT2D eigenvalue weighted by Crippen LogP contribution is -2.11. The van der Waals surface area contributed by atoms with Crippen LogP contribution in [0.5, 0.6) is 11.5 Å². The van der Waals surface area contributed by atoms with Gasteiger partial charge in [0.15, 0.2) is 0 Å². The van der Waals surface area contributed by atoms with E-state index in [9.17, 15) is 5.11 Å². The van der Waals surface area contributed by atoms with Crippen LogP contribution in [0, 0.1) is 0 Å². The van der Waals surface area contributed by atoms with Gasteiger partial charge in [-0.15, -0.1) is 0 Å². The summed E-state index contributed by atoms with van der Waals surface area (Å²) in [7, 11) is 1.44. The molecule has 3 heteroatoms. The summed E-state index contributed by atoms with van der Waals surface area (Å²) in [5.41, 5.74) is 1.42. The van der Waals surface area contributed by atoms with Crippen LogP contribution < -0.4 is 10.0 Å². The Morgan fingerprint density at radius 2 is 1.88 bits per heavy atom. The molecule has 2 unspecified atom stereocenters. The Morgan fingerprint density at radius 1 is 1.25 bits per heavy atom. The number of hydrogen-bond donors (Lipinski definition) is 1. The highest BCUT2D eigenvalue weighted by Gasteiger charge is 2.32. The number of aromatic hydroxyl groups is 1. The zero-order chi connectivity index (χ0) is 11.7. The van der Waals surface area contributed by atoms with Crippen molar-refractivity contribution in [1.82, 2.24) is 0 Å². The highest BCUT2D eigenvalue weighted by Crippen LogP contribution is 2.55. The molecule has 1 saturated heterocycles. The molecule has 1 N–H and O–H groups in total. The van der Waals surface area contributed by atoms with Crippen molar-refractivity contribution in [1.29, 1.82) is 0 Å². The van der Waals surface area contributed by atoms with Crippen LogP contribution in [0.1, 0.15) is 26.7 Å². The van der Waals surface area contributed by atoms with Gasteiger partial charge in [0.2, 0.25) is 0 Å². The van der Waals surface area contributed by atoms with Gasteiger partial charge in [-0.1, -0.05) is 21.8 Å². The predicted molar refractivity (Wildman–Crippen MR) is 69.4 cm³/mol. The van der Waals surface area contributed by atoms with Crippen LogP contribution in [-0.4, -0.2) is 23.5 Å². The fourth-order valence-electron chi connectivity index (χ4n) is 2.51. The molecule has 0 aromatic heterocycles. The van der Waals surface area contributed by atoms with Crippen molar-refractivity contribution in [3.63, 3.8) is 0 Å². The number of phenolic OH excluding ortho intramolecular Hbond substituents is 1. The van der Waals surface area contributed by atoms with Gasteiger partial charge in [0.05, 0.1) is 7.11 Å². The average molecular weight is 238 g/mol. The summed E-state index contributed by atoms with van der Waals surface area (Å²) < 4.78 is 5.24. The normalized spacial score (nSPS) is 29.3. The molecule has 0 radical (unpaired) electrons. The topological polar surface area (TPSA) is 29.5 Å². The molecule has 0 bridgehead atoms. The maximum Gasteiger partial charge on any atom is 0.123 e. The average Bonchev–Trinajstić information content (AvgIpc) is 2.60. The first-order valence-corrected chi connectivity index (χ1v) is 7.27. The minimum absolute atomic E-state index is 0.235. The van der Waals surface area contributed by atoms with Crippen molar-refractivity contribution in [2.24, 2.45) is 0 Å². The molecule has 0 amide bonds. The Morgan fingerprint density at radius 3 is 2.44 bits per heavy atom. The second-order valence-corrected chi connectivity index (χ2v) is 7.60. The molecule has 1 aliphatic heterocycles. The molecule has 16 heavy (non-hydrogen) atoms. The fourth-order valence-corrected chi connectivity index (χ4v) is 5.80. The zero-order valence-electron chi connectivity index (χ0n) is 10.1. The Bertz CT molecular complexity index is 368. The second kappa shape index (κ2) is 4.63. The van der Waals surface area contributed by atoms with E-state index in [2.05, 4.69) is 13.8 Å². The Balaban J connectivity index is 2.38. The summed E-state index contributed by atoms with van der Waals surface area (Å²) >= 11 is 0. The number of hydrogen-bond acceptors (Lipinski definition) is 2. The van der Waals surface area contributed by atoms with Gasteiger partial charge < -0.3 is 9.84 Å². The summed E-state index contributed by atoms with van der Waals surface area (Å²) in [4.78, 5) is 0. The summed E-state index contributed by atoms with van der Waals surface area (Å²) in [6.45, 7) is 4.60. The highest BCUT2D eigenvalue weighted by atomic mass is 31.1. The van der Waals surface area contributed by atoms with E-state index in [1.165, 1.54) is 12.8 Å². The molecule has 1 fully saturated rings. The lowest BCUT2D eigenvalue weighted by Gasteiger charge is -2.22. The molecular weight excluding hydrogens is 219 g/mol. The van der Waals surface area contributed by atoms with E-state index >= 15 is 0 Å². The third kappa shape index (κ3) is 2.04. The van der Waals surface area contributed by atoms with Crippen molar-refractivity contribution in [2.75, 3.05) is 7.11 Å². The maximum atomic E-state index is 9.99. The molecule has 1 aromatic carbocycles. The maximum absolute atomic E-state index is 9.99. The number of benzene rings is 1. The van der Waals surface area contributed by atoms with Gasteiger partial charge in [0.1, 0.15) is 11.5 Å². The summed E-state index contributed by atoms with van der Waals surface area (Å²) in [5, 5.41) is 11.1. The largest absolute Gasteiger partial charge is 0.507 e. The molecule has 88 valence electrons. The van der Waals surface area contributed by atoms with Crippen molar-refractivity contribution in [3.05, 3.63) is 18.2 Å². The lowest BCUT2D eigenvalue weighted by atomic mass is 10.2. The number of ether oxygens (including phenoxy) is 1. The van der Waals surface area contributed by atoms with Crippen LogP contribution in [0.15, 0.2) is 18.2 Å². The van der Waals surface area contributed by atoms with E-state index in [0.29, 0.717) is 17.1 Å². The van der Waals surface area contributed by atoms with Crippen LogP contribution in [0.25, 0.3) is 0 Å². The van der Waals surface area contributed by atoms with Gasteiger partial charge in [0, 0.05) is 5.30 Å². The van der Waals surface area contributed by atoms with Crippen LogP contribution >= 0.6 is 7.92 Å². The number of methoxy groups -OCH3 is 1. The first-order chi connectivity index (χ1) is 7.63. The Kier molecular flexibility index (Phi) is 3.39. The third-order valence-corrected chi connectivity index (χ3v) is 6.74. The summed E-state index contributed by atoms with van der Waals surface area (Å²) in [6.07, 6.45) is 2.56. The number of rotatable bonds is 2. The van der Waals surface area contributed by atoms with Gasteiger partial charge in [-0.3, -0.25) is 0 Å². The summed E-state index contributed by atoms with van der Waals surface area (Å²) in [6, 6.07) is 5.59. The summed E-state index contributed by atoms with van der Waals surface area (Å²) in [5.74, 6) is 1.29. The van der Waals surface area contributed by atoms with Crippen LogP contribution in [0.4, 0.5) is 0 Å². The molecule has 2 atom stereocenters. The molecule has 2 nitrogen and oxygen atoms in total. The van der Waals surface area contributed by atoms with Crippen molar-refractivity contribution < 1.29 is 9.84 Å². The highest BCUT2D eigenvalue weighted by molar-refractivity contribution is 7.67. The quantitative estimate of drug-likeness (QED) is 0.802.